The van der Waals surface area contributed by atoms with E-state index < -0.39 is 0 Å². The number of amidine groups is 1. The molecule has 0 saturated heterocycles. The van der Waals surface area contributed by atoms with E-state index in [1.165, 1.54) is 11.8 Å². The molecule has 2 rings (SSSR count). The Labute approximate surface area is 114 Å². The maximum atomic E-state index is 8.63. The molecule has 1 heterocycles. The van der Waals surface area contributed by atoms with E-state index in [1.54, 1.807) is 19.4 Å². The number of aromatic nitrogens is 2. The van der Waals surface area contributed by atoms with Gasteiger partial charge in [-0.05, 0) is 30.0 Å². The number of benzene rings is 1. The zero-order chi connectivity index (χ0) is 13.7. The van der Waals surface area contributed by atoms with Gasteiger partial charge in [-0.25, -0.2) is 9.97 Å². The van der Waals surface area contributed by atoms with Crippen LogP contribution in [0.2, 0.25) is 0 Å². The monoisotopic (exact) mass is 276 g/mol. The van der Waals surface area contributed by atoms with Crippen molar-refractivity contribution in [2.24, 2.45) is 10.9 Å². The lowest BCUT2D eigenvalue weighted by Gasteiger charge is -2.06. The maximum Gasteiger partial charge on any atom is 0.193 e. The van der Waals surface area contributed by atoms with Gasteiger partial charge in [-0.15, -0.1) is 0 Å². The van der Waals surface area contributed by atoms with E-state index >= 15 is 0 Å². The molecular weight excluding hydrogens is 264 g/mol. The molecule has 2 aromatic rings. The summed E-state index contributed by atoms with van der Waals surface area (Å²) in [4.78, 5) is 9.22. The second-order valence-electron chi connectivity index (χ2n) is 3.46. The van der Waals surface area contributed by atoms with E-state index in [9.17, 15) is 0 Å². The van der Waals surface area contributed by atoms with Crippen molar-refractivity contribution in [1.82, 2.24) is 9.97 Å². The Morgan fingerprint density at radius 3 is 2.89 bits per heavy atom. The molecule has 0 atom stereocenters. The van der Waals surface area contributed by atoms with E-state index in [0.29, 0.717) is 10.9 Å². The van der Waals surface area contributed by atoms with Gasteiger partial charge in [0.1, 0.15) is 11.4 Å². The molecule has 0 unspecified atom stereocenters. The van der Waals surface area contributed by atoms with Gasteiger partial charge in [0.15, 0.2) is 11.0 Å². The largest absolute Gasteiger partial charge is 0.496 e. The Balaban J connectivity index is 2.28. The fourth-order valence-corrected chi connectivity index (χ4v) is 2.24. The lowest BCUT2D eigenvalue weighted by molar-refractivity contribution is 0.318. The number of hydrogen-bond donors (Lipinski definition) is 2. The van der Waals surface area contributed by atoms with E-state index in [1.807, 2.05) is 24.3 Å². The molecule has 19 heavy (non-hydrogen) atoms. The topological polar surface area (TPSA) is 93.6 Å². The quantitative estimate of drug-likeness (QED) is 0.290. The highest BCUT2D eigenvalue weighted by atomic mass is 32.2. The minimum Gasteiger partial charge on any atom is -0.496 e. The normalized spacial score (nSPS) is 11.3. The molecule has 0 aliphatic rings. The van der Waals surface area contributed by atoms with Crippen molar-refractivity contribution in [3.63, 3.8) is 0 Å². The third-order valence-electron chi connectivity index (χ3n) is 2.27. The number of nitrogens with zero attached hydrogens (tertiary/aromatic N) is 3. The first-order valence-electron chi connectivity index (χ1n) is 5.36. The lowest BCUT2D eigenvalue weighted by atomic mass is 10.3. The van der Waals surface area contributed by atoms with Gasteiger partial charge in [0.2, 0.25) is 0 Å². The number of para-hydroxylation sites is 1. The standard InChI is InChI=1S/C12H12N4O2S/c1-18-9-4-2-3-5-10(9)19-12-14-7-6-8(15-12)11(13)16-17/h2-7,17H,1H3,(H2,13,16). The molecule has 0 fully saturated rings. The summed E-state index contributed by atoms with van der Waals surface area (Å²) in [5.41, 5.74) is 5.86. The third-order valence-corrected chi connectivity index (χ3v) is 3.21. The third kappa shape index (κ3) is 3.14. The van der Waals surface area contributed by atoms with Gasteiger partial charge in [0.25, 0.3) is 0 Å². The van der Waals surface area contributed by atoms with Crippen LogP contribution in [-0.4, -0.2) is 28.1 Å². The number of oxime groups is 1. The minimum atomic E-state index is -0.0516. The second-order valence-corrected chi connectivity index (χ2v) is 4.47. The molecule has 98 valence electrons. The smallest absolute Gasteiger partial charge is 0.193 e. The fourth-order valence-electron chi connectivity index (χ4n) is 1.39. The summed E-state index contributed by atoms with van der Waals surface area (Å²) in [6.45, 7) is 0. The minimum absolute atomic E-state index is 0.0516. The first-order valence-corrected chi connectivity index (χ1v) is 6.18. The van der Waals surface area contributed by atoms with Gasteiger partial charge in [0, 0.05) is 6.20 Å². The molecular formula is C12H12N4O2S. The Morgan fingerprint density at radius 1 is 1.37 bits per heavy atom. The molecule has 0 spiro atoms. The summed E-state index contributed by atoms with van der Waals surface area (Å²) in [6.07, 6.45) is 1.55. The van der Waals surface area contributed by atoms with Crippen LogP contribution >= 0.6 is 11.8 Å². The van der Waals surface area contributed by atoms with E-state index in [0.717, 1.165) is 10.6 Å². The highest BCUT2D eigenvalue weighted by Gasteiger charge is 2.08. The van der Waals surface area contributed by atoms with Crippen molar-refractivity contribution in [1.29, 1.82) is 0 Å². The Morgan fingerprint density at radius 2 is 2.16 bits per heavy atom. The van der Waals surface area contributed by atoms with Crippen LogP contribution in [0.4, 0.5) is 0 Å². The van der Waals surface area contributed by atoms with E-state index in [2.05, 4.69) is 15.1 Å². The molecule has 0 aliphatic carbocycles. The molecule has 3 N–H and O–H groups in total. The zero-order valence-corrected chi connectivity index (χ0v) is 11.0. The fraction of sp³-hybridized carbons (Fsp3) is 0.0833. The highest BCUT2D eigenvalue weighted by Crippen LogP contribution is 2.32. The molecule has 0 saturated carbocycles. The van der Waals surface area contributed by atoms with Crippen LogP contribution in [0.1, 0.15) is 5.69 Å². The second kappa shape index (κ2) is 6.05. The predicted octanol–water partition coefficient (Wildman–Crippen LogP) is 1.73. The summed E-state index contributed by atoms with van der Waals surface area (Å²) in [5, 5.41) is 12.0. The molecule has 1 aromatic heterocycles. The van der Waals surface area contributed by atoms with Crippen LogP contribution in [0.25, 0.3) is 0 Å². The lowest BCUT2D eigenvalue weighted by Crippen LogP contribution is -2.15. The maximum absolute atomic E-state index is 8.63. The molecule has 1 aromatic carbocycles. The summed E-state index contributed by atoms with van der Waals surface area (Å²) >= 11 is 1.34. The van der Waals surface area contributed by atoms with Crippen LogP contribution in [0.5, 0.6) is 5.75 Å². The van der Waals surface area contributed by atoms with Crippen molar-refractivity contribution in [2.75, 3.05) is 7.11 Å². The van der Waals surface area contributed by atoms with Crippen LogP contribution in [0.3, 0.4) is 0 Å². The molecule has 0 amide bonds. The van der Waals surface area contributed by atoms with Gasteiger partial charge in [0.05, 0.1) is 12.0 Å². The van der Waals surface area contributed by atoms with Crippen molar-refractivity contribution in [3.05, 3.63) is 42.2 Å². The average Bonchev–Trinajstić information content (AvgIpc) is 2.47. The van der Waals surface area contributed by atoms with Crippen molar-refractivity contribution in [3.8, 4) is 5.75 Å². The number of methoxy groups -OCH3 is 1. The van der Waals surface area contributed by atoms with Gasteiger partial charge >= 0.3 is 0 Å². The summed E-state index contributed by atoms with van der Waals surface area (Å²) in [7, 11) is 1.60. The van der Waals surface area contributed by atoms with Crippen LogP contribution in [0.15, 0.2) is 51.7 Å². The van der Waals surface area contributed by atoms with Crippen molar-refractivity contribution >= 4 is 17.6 Å². The number of ether oxygens (including phenoxy) is 1. The predicted molar refractivity (Wildman–Crippen MR) is 71.7 cm³/mol. The molecule has 0 bridgehead atoms. The molecule has 0 radical (unpaired) electrons. The average molecular weight is 276 g/mol. The van der Waals surface area contributed by atoms with Crippen LogP contribution in [-0.2, 0) is 0 Å². The number of hydrogen-bond acceptors (Lipinski definition) is 6. The summed E-state index contributed by atoms with van der Waals surface area (Å²) in [5.74, 6) is 0.689. The van der Waals surface area contributed by atoms with Crippen molar-refractivity contribution in [2.45, 2.75) is 10.1 Å². The SMILES string of the molecule is COc1ccccc1Sc1nccc(/C(N)=N/O)n1. The zero-order valence-electron chi connectivity index (χ0n) is 10.1. The van der Waals surface area contributed by atoms with Gasteiger partial charge in [-0.1, -0.05) is 17.3 Å². The van der Waals surface area contributed by atoms with Gasteiger partial charge < -0.3 is 15.7 Å². The summed E-state index contributed by atoms with van der Waals surface area (Å²) in [6, 6.07) is 9.12. The Kier molecular flexibility index (Phi) is 4.19. The number of rotatable bonds is 4. The Bertz CT molecular complexity index is 604. The highest BCUT2D eigenvalue weighted by molar-refractivity contribution is 7.99. The van der Waals surface area contributed by atoms with Crippen LogP contribution < -0.4 is 10.5 Å². The number of nitrogens with two attached hydrogens (primary N) is 1. The van der Waals surface area contributed by atoms with Gasteiger partial charge in [-0.3, -0.25) is 0 Å². The molecule has 7 heteroatoms. The summed E-state index contributed by atoms with van der Waals surface area (Å²) < 4.78 is 5.25. The van der Waals surface area contributed by atoms with Gasteiger partial charge in [-0.2, -0.15) is 0 Å². The van der Waals surface area contributed by atoms with E-state index in [-0.39, 0.29) is 5.84 Å². The molecule has 6 nitrogen and oxygen atoms in total. The first kappa shape index (κ1) is 13.2. The van der Waals surface area contributed by atoms with E-state index in [4.69, 9.17) is 15.7 Å². The van der Waals surface area contributed by atoms with Crippen molar-refractivity contribution < 1.29 is 9.94 Å². The van der Waals surface area contributed by atoms with Crippen LogP contribution in [0, 0.1) is 0 Å². The Hall–Kier alpha value is -2.28. The first-order chi connectivity index (χ1) is 9.24. The molecule has 0 aliphatic heterocycles.